The molecule has 5 heteroatoms. The Balaban J connectivity index is 5.05. The molecule has 0 amide bonds. The van der Waals surface area contributed by atoms with Crippen molar-refractivity contribution in [3.8, 4) is 0 Å². The number of carbonyl (C=O) groups is 1. The summed E-state index contributed by atoms with van der Waals surface area (Å²) in [6, 6.07) is 0. The second-order valence-corrected chi connectivity index (χ2v) is 3.46. The Morgan fingerprint density at radius 1 is 1.43 bits per heavy atom. The van der Waals surface area contributed by atoms with Gasteiger partial charge >= 0.3 is 12.1 Å². The molecule has 0 fully saturated rings. The molecular formula is C9H13F3O2. The van der Waals surface area contributed by atoms with Crippen LogP contribution in [-0.4, -0.2) is 19.3 Å². The van der Waals surface area contributed by atoms with Crippen molar-refractivity contribution < 1.29 is 22.7 Å². The fraction of sp³-hybridized carbons (Fsp3) is 0.667. The molecule has 0 aliphatic rings. The lowest BCUT2D eigenvalue weighted by Crippen LogP contribution is -2.43. The van der Waals surface area contributed by atoms with Crippen molar-refractivity contribution in [2.75, 3.05) is 7.11 Å². The van der Waals surface area contributed by atoms with Crippen molar-refractivity contribution in [2.45, 2.75) is 26.4 Å². The van der Waals surface area contributed by atoms with E-state index in [0.717, 1.165) is 14.0 Å². The zero-order valence-electron chi connectivity index (χ0n) is 8.36. The first-order chi connectivity index (χ1) is 6.15. The zero-order valence-corrected chi connectivity index (χ0v) is 8.36. The largest absolute Gasteiger partial charge is 0.468 e. The second-order valence-electron chi connectivity index (χ2n) is 3.46. The number of hydrogen-bond acceptors (Lipinski definition) is 2. The third-order valence-electron chi connectivity index (χ3n) is 1.92. The number of hydrogen-bond donors (Lipinski definition) is 0. The first-order valence-electron chi connectivity index (χ1n) is 3.94. The topological polar surface area (TPSA) is 26.3 Å². The first kappa shape index (κ1) is 13.0. The molecule has 0 aromatic carbocycles. The van der Waals surface area contributed by atoms with Gasteiger partial charge in [-0.15, -0.1) is 6.58 Å². The monoisotopic (exact) mass is 210 g/mol. The minimum atomic E-state index is -4.63. The molecular weight excluding hydrogens is 197 g/mol. The minimum Gasteiger partial charge on any atom is -0.468 e. The molecule has 0 saturated heterocycles. The summed E-state index contributed by atoms with van der Waals surface area (Å²) in [4.78, 5) is 11.0. The van der Waals surface area contributed by atoms with Gasteiger partial charge in [0.25, 0.3) is 0 Å². The van der Waals surface area contributed by atoms with E-state index in [-0.39, 0.29) is 5.57 Å². The zero-order chi connectivity index (χ0) is 11.6. The molecule has 0 saturated carbocycles. The highest BCUT2D eigenvalue weighted by Gasteiger charge is 2.57. The Labute approximate surface area is 80.7 Å². The highest BCUT2D eigenvalue weighted by molar-refractivity contribution is 5.77. The molecule has 0 rings (SSSR count). The second kappa shape index (κ2) is 4.02. The van der Waals surface area contributed by atoms with Crippen molar-refractivity contribution >= 4 is 5.97 Å². The van der Waals surface area contributed by atoms with Crippen LogP contribution >= 0.6 is 0 Å². The summed E-state index contributed by atoms with van der Waals surface area (Å²) in [6.45, 7) is 5.61. The molecule has 0 aliphatic heterocycles. The highest BCUT2D eigenvalue weighted by Crippen LogP contribution is 2.43. The van der Waals surface area contributed by atoms with Gasteiger partial charge in [-0.05, 0) is 20.3 Å². The van der Waals surface area contributed by atoms with Crippen LogP contribution in [0.2, 0.25) is 0 Å². The van der Waals surface area contributed by atoms with Crippen LogP contribution < -0.4 is 0 Å². The summed E-state index contributed by atoms with van der Waals surface area (Å²) in [6.07, 6.45) is -5.08. The van der Waals surface area contributed by atoms with Gasteiger partial charge in [0, 0.05) is 0 Å². The van der Waals surface area contributed by atoms with Crippen LogP contribution in [0.25, 0.3) is 0 Å². The average molecular weight is 210 g/mol. The molecule has 0 heterocycles. The van der Waals surface area contributed by atoms with Gasteiger partial charge in [0.05, 0.1) is 7.11 Å². The van der Waals surface area contributed by atoms with Crippen molar-refractivity contribution in [3.63, 3.8) is 0 Å². The van der Waals surface area contributed by atoms with E-state index in [1.54, 1.807) is 0 Å². The van der Waals surface area contributed by atoms with Crippen LogP contribution in [0.15, 0.2) is 12.2 Å². The van der Waals surface area contributed by atoms with Crippen LogP contribution in [0.5, 0.6) is 0 Å². The Hall–Kier alpha value is -1.00. The van der Waals surface area contributed by atoms with E-state index < -0.39 is 24.0 Å². The predicted molar refractivity (Wildman–Crippen MR) is 45.6 cm³/mol. The van der Waals surface area contributed by atoms with Crippen LogP contribution in [0.3, 0.4) is 0 Å². The van der Waals surface area contributed by atoms with Crippen molar-refractivity contribution in [1.29, 1.82) is 0 Å². The predicted octanol–water partition coefficient (Wildman–Crippen LogP) is 2.69. The highest BCUT2D eigenvalue weighted by atomic mass is 19.4. The number of allylic oxidation sites excluding steroid dienone is 1. The summed E-state index contributed by atoms with van der Waals surface area (Å²) in [5.41, 5.74) is -2.21. The van der Waals surface area contributed by atoms with E-state index in [0.29, 0.717) is 0 Å². The van der Waals surface area contributed by atoms with Gasteiger partial charge in [-0.1, -0.05) is 5.57 Å². The molecule has 0 aliphatic carbocycles. The molecule has 0 unspecified atom stereocenters. The Morgan fingerprint density at radius 2 is 1.86 bits per heavy atom. The summed E-state index contributed by atoms with van der Waals surface area (Å²) in [7, 11) is 0.935. The van der Waals surface area contributed by atoms with Gasteiger partial charge in [-0.2, -0.15) is 13.2 Å². The molecule has 14 heavy (non-hydrogen) atoms. The number of alkyl halides is 3. The number of ether oxygens (including phenoxy) is 1. The number of halogens is 3. The number of methoxy groups -OCH3 is 1. The smallest absolute Gasteiger partial charge is 0.404 e. The van der Waals surface area contributed by atoms with Crippen LogP contribution in [0, 0.1) is 5.41 Å². The molecule has 0 aromatic heterocycles. The number of carbonyl (C=O) groups excluding carboxylic acids is 1. The van der Waals surface area contributed by atoms with E-state index in [4.69, 9.17) is 0 Å². The molecule has 0 spiro atoms. The standard InChI is InChI=1S/C9H13F3O2/c1-6(2)5-8(3,7(13)14-4)9(10,11)12/h1,5H2,2-4H3/t8-/m0/s1. The Kier molecular flexibility index (Phi) is 3.73. The molecule has 0 bridgehead atoms. The van der Waals surface area contributed by atoms with Gasteiger partial charge < -0.3 is 4.74 Å². The molecule has 2 nitrogen and oxygen atoms in total. The minimum absolute atomic E-state index is 0.287. The van der Waals surface area contributed by atoms with Crippen LogP contribution in [0.4, 0.5) is 13.2 Å². The van der Waals surface area contributed by atoms with Gasteiger partial charge in [-0.3, -0.25) is 4.79 Å². The Bertz CT molecular complexity index is 245. The van der Waals surface area contributed by atoms with E-state index in [9.17, 15) is 18.0 Å². The van der Waals surface area contributed by atoms with Gasteiger partial charge in [0.15, 0.2) is 5.41 Å². The third kappa shape index (κ3) is 2.49. The van der Waals surface area contributed by atoms with E-state index >= 15 is 0 Å². The van der Waals surface area contributed by atoms with E-state index in [2.05, 4.69) is 11.3 Å². The lowest BCUT2D eigenvalue weighted by molar-refractivity contribution is -0.228. The van der Waals surface area contributed by atoms with Crippen molar-refractivity contribution in [3.05, 3.63) is 12.2 Å². The van der Waals surface area contributed by atoms with Crippen LogP contribution in [-0.2, 0) is 9.53 Å². The molecule has 0 radical (unpaired) electrons. The molecule has 82 valence electrons. The third-order valence-corrected chi connectivity index (χ3v) is 1.92. The average Bonchev–Trinajstić information content (AvgIpc) is 1.99. The van der Waals surface area contributed by atoms with E-state index in [1.165, 1.54) is 6.92 Å². The van der Waals surface area contributed by atoms with Crippen molar-refractivity contribution in [1.82, 2.24) is 0 Å². The maximum Gasteiger partial charge on any atom is 0.404 e. The lowest BCUT2D eigenvalue weighted by Gasteiger charge is -2.29. The SMILES string of the molecule is C=C(C)C[C@@](C)(C(=O)OC)C(F)(F)F. The number of rotatable bonds is 3. The molecule has 1 atom stereocenters. The summed E-state index contributed by atoms with van der Waals surface area (Å²) in [5.74, 6) is -1.28. The first-order valence-corrected chi connectivity index (χ1v) is 3.94. The lowest BCUT2D eigenvalue weighted by atomic mass is 9.83. The van der Waals surface area contributed by atoms with Gasteiger partial charge in [-0.25, -0.2) is 0 Å². The maximum atomic E-state index is 12.6. The quantitative estimate of drug-likeness (QED) is 0.528. The Morgan fingerprint density at radius 3 is 2.07 bits per heavy atom. The van der Waals surface area contributed by atoms with Crippen molar-refractivity contribution in [2.24, 2.45) is 5.41 Å². The summed E-state index contributed by atoms with van der Waals surface area (Å²) in [5, 5.41) is 0. The van der Waals surface area contributed by atoms with Gasteiger partial charge in [0.1, 0.15) is 0 Å². The fourth-order valence-corrected chi connectivity index (χ4v) is 1.12. The summed E-state index contributed by atoms with van der Waals surface area (Å²) < 4.78 is 41.8. The normalized spacial score (nSPS) is 15.9. The maximum absolute atomic E-state index is 12.6. The van der Waals surface area contributed by atoms with Gasteiger partial charge in [0.2, 0.25) is 0 Å². The van der Waals surface area contributed by atoms with E-state index in [1.807, 2.05) is 0 Å². The molecule has 0 N–H and O–H groups in total. The molecule has 0 aromatic rings. The fourth-order valence-electron chi connectivity index (χ4n) is 1.12. The summed E-state index contributed by atoms with van der Waals surface area (Å²) >= 11 is 0. The van der Waals surface area contributed by atoms with Crippen LogP contribution in [0.1, 0.15) is 20.3 Å². The number of esters is 1.